The number of benzene rings is 2. The second-order valence-electron chi connectivity index (χ2n) is 6.86. The minimum atomic E-state index is -1.40. The van der Waals surface area contributed by atoms with Crippen LogP contribution in [0.2, 0.25) is 5.02 Å². The van der Waals surface area contributed by atoms with Gasteiger partial charge in [0.05, 0.1) is 32.1 Å². The first-order chi connectivity index (χ1) is 16.3. The number of hydrogen-bond donors (Lipinski definition) is 1. The topological polar surface area (TPSA) is 108 Å². The molecule has 10 heteroatoms. The number of ketones is 1. The van der Waals surface area contributed by atoms with E-state index in [1.807, 2.05) is 27.7 Å². The van der Waals surface area contributed by atoms with Crippen molar-refractivity contribution < 1.29 is 28.5 Å². The third-order valence-corrected chi connectivity index (χ3v) is 4.73. The zero-order chi connectivity index (χ0) is 25.1. The molecule has 0 radical (unpaired) electrons. The van der Waals surface area contributed by atoms with Crippen molar-refractivity contribution in [3.05, 3.63) is 35.4 Å². The molecule has 0 aliphatic carbocycles. The molecule has 0 aliphatic rings. The van der Waals surface area contributed by atoms with Gasteiger partial charge in [-0.1, -0.05) is 11.6 Å². The molecule has 2 aromatic rings. The van der Waals surface area contributed by atoms with E-state index >= 15 is 0 Å². The Labute approximate surface area is 204 Å². The molecule has 1 amide bonds. The number of ether oxygens (including phenoxy) is 4. The highest BCUT2D eigenvalue weighted by atomic mass is 35.5. The number of nitrogens with zero attached hydrogens (tertiary/aromatic N) is 2. The predicted molar refractivity (Wildman–Crippen MR) is 130 cm³/mol. The van der Waals surface area contributed by atoms with E-state index in [0.717, 1.165) is 0 Å². The summed E-state index contributed by atoms with van der Waals surface area (Å²) in [6, 6.07) is 6.82. The molecule has 0 fully saturated rings. The molecule has 1 N–H and O–H groups in total. The number of anilines is 1. The zero-order valence-corrected chi connectivity index (χ0v) is 20.8. The van der Waals surface area contributed by atoms with Gasteiger partial charge in [-0.15, -0.1) is 0 Å². The van der Waals surface area contributed by atoms with Crippen molar-refractivity contribution in [2.24, 2.45) is 10.2 Å². The summed E-state index contributed by atoms with van der Waals surface area (Å²) in [7, 11) is 0. The van der Waals surface area contributed by atoms with Crippen LogP contribution in [-0.2, 0) is 9.59 Å². The summed E-state index contributed by atoms with van der Waals surface area (Å²) in [5, 5.41) is 10.9. The Balaban J connectivity index is 2.32. The highest BCUT2D eigenvalue weighted by Crippen LogP contribution is 2.37. The molecule has 0 heterocycles. The first-order valence-electron chi connectivity index (χ1n) is 11.0. The highest BCUT2D eigenvalue weighted by Gasteiger charge is 2.25. The lowest BCUT2D eigenvalue weighted by molar-refractivity contribution is -0.126. The van der Waals surface area contributed by atoms with E-state index in [1.54, 1.807) is 30.3 Å². The third kappa shape index (κ3) is 7.34. The Morgan fingerprint density at radius 1 is 0.882 bits per heavy atom. The van der Waals surface area contributed by atoms with Gasteiger partial charge in [0.1, 0.15) is 33.7 Å². The van der Waals surface area contributed by atoms with Crippen LogP contribution in [0.15, 0.2) is 40.6 Å². The normalized spacial score (nSPS) is 11.7. The summed E-state index contributed by atoms with van der Waals surface area (Å²) in [4.78, 5) is 25.2. The molecule has 2 aromatic carbocycles. The van der Waals surface area contributed by atoms with E-state index in [0.29, 0.717) is 55.1 Å². The van der Waals surface area contributed by atoms with Crippen LogP contribution >= 0.6 is 11.6 Å². The van der Waals surface area contributed by atoms with Crippen molar-refractivity contribution in [3.63, 3.8) is 0 Å². The summed E-state index contributed by atoms with van der Waals surface area (Å²) >= 11 is 6.39. The molecule has 0 aromatic heterocycles. The van der Waals surface area contributed by atoms with E-state index in [1.165, 1.54) is 6.92 Å². The van der Waals surface area contributed by atoms with Crippen molar-refractivity contribution in [1.29, 1.82) is 0 Å². The number of amides is 1. The van der Waals surface area contributed by atoms with E-state index < -0.39 is 17.7 Å². The minimum absolute atomic E-state index is 0.183. The molecule has 0 bridgehead atoms. The highest BCUT2D eigenvalue weighted by molar-refractivity contribution is 6.35. The van der Waals surface area contributed by atoms with Crippen LogP contribution < -0.4 is 24.3 Å². The van der Waals surface area contributed by atoms with Crippen LogP contribution in [0.3, 0.4) is 0 Å². The molecule has 9 nitrogen and oxygen atoms in total. The average molecular weight is 492 g/mol. The maximum absolute atomic E-state index is 12.9. The molecule has 34 heavy (non-hydrogen) atoms. The Morgan fingerprint density at radius 2 is 1.47 bits per heavy atom. The Hall–Kier alpha value is -3.33. The van der Waals surface area contributed by atoms with Gasteiger partial charge < -0.3 is 24.3 Å². The lowest BCUT2D eigenvalue weighted by atomic mass is 10.2. The van der Waals surface area contributed by atoms with Gasteiger partial charge in [0, 0.05) is 18.2 Å². The fourth-order valence-electron chi connectivity index (χ4n) is 2.92. The molecule has 184 valence electrons. The maximum Gasteiger partial charge on any atom is 0.258 e. The molecule has 1 atom stereocenters. The summed E-state index contributed by atoms with van der Waals surface area (Å²) in [6.07, 6.45) is 0. The second kappa shape index (κ2) is 13.4. The molecule has 0 spiro atoms. The largest absolute Gasteiger partial charge is 0.494 e. The van der Waals surface area contributed by atoms with Gasteiger partial charge in [0.15, 0.2) is 5.78 Å². The smallest absolute Gasteiger partial charge is 0.258 e. The van der Waals surface area contributed by atoms with Crippen molar-refractivity contribution in [3.8, 4) is 23.0 Å². The van der Waals surface area contributed by atoms with Crippen molar-refractivity contribution in [2.45, 2.75) is 40.7 Å². The lowest BCUT2D eigenvalue weighted by Crippen LogP contribution is -2.32. The number of Topliss-reactive ketones (excluding diaryl/α,β-unsaturated/α-hetero) is 1. The summed E-state index contributed by atoms with van der Waals surface area (Å²) in [6.45, 7) is 10.3. The Bertz CT molecular complexity index is 1030. The van der Waals surface area contributed by atoms with Gasteiger partial charge in [0.2, 0.25) is 6.04 Å². The second-order valence-corrected chi connectivity index (χ2v) is 7.24. The number of hydrogen-bond acceptors (Lipinski definition) is 8. The van der Waals surface area contributed by atoms with Crippen LogP contribution in [-0.4, -0.2) is 44.2 Å². The van der Waals surface area contributed by atoms with Crippen molar-refractivity contribution >= 4 is 34.7 Å². The molecule has 0 saturated carbocycles. The molecule has 1 unspecified atom stereocenters. The van der Waals surface area contributed by atoms with Crippen LogP contribution in [0.5, 0.6) is 23.0 Å². The SMILES string of the molecule is CCOc1ccc(N=NC(C(C)=O)C(=O)Nc2cc(OCC)cc(OCC)c2Cl)c(OCC)c1. The van der Waals surface area contributed by atoms with Crippen LogP contribution in [0.25, 0.3) is 0 Å². The van der Waals surface area contributed by atoms with Crippen LogP contribution in [0, 0.1) is 0 Å². The monoisotopic (exact) mass is 491 g/mol. The summed E-state index contributed by atoms with van der Waals surface area (Å²) in [5.74, 6) is 0.656. The van der Waals surface area contributed by atoms with Gasteiger partial charge in [-0.25, -0.2) is 0 Å². The van der Waals surface area contributed by atoms with Gasteiger partial charge in [-0.2, -0.15) is 10.2 Å². The maximum atomic E-state index is 12.9. The molecular formula is C24H30ClN3O6. The Kier molecular flexibility index (Phi) is 10.6. The molecule has 0 aliphatic heterocycles. The van der Waals surface area contributed by atoms with Gasteiger partial charge in [0.25, 0.3) is 5.91 Å². The number of nitrogens with one attached hydrogen (secondary N) is 1. The first-order valence-corrected chi connectivity index (χ1v) is 11.4. The zero-order valence-electron chi connectivity index (χ0n) is 20.0. The number of rotatable bonds is 13. The summed E-state index contributed by atoms with van der Waals surface area (Å²) in [5.41, 5.74) is 0.595. The Morgan fingerprint density at radius 3 is 2.09 bits per heavy atom. The molecule has 0 saturated heterocycles. The fourth-order valence-corrected chi connectivity index (χ4v) is 3.13. The average Bonchev–Trinajstić information content (AvgIpc) is 2.79. The van der Waals surface area contributed by atoms with Crippen LogP contribution in [0.4, 0.5) is 11.4 Å². The van der Waals surface area contributed by atoms with Gasteiger partial charge in [-0.05, 0) is 46.8 Å². The number of carbonyl (C=O) groups is 2. The van der Waals surface area contributed by atoms with Crippen molar-refractivity contribution in [1.82, 2.24) is 0 Å². The number of carbonyl (C=O) groups excluding carboxylic acids is 2. The van der Waals surface area contributed by atoms with Gasteiger partial charge in [-0.3, -0.25) is 9.59 Å². The number of azo groups is 1. The summed E-state index contributed by atoms with van der Waals surface area (Å²) < 4.78 is 22.1. The standard InChI is InChI=1S/C24H30ClN3O6/c1-6-31-16-10-11-18(20(13-16)33-8-3)27-28-23(15(5)29)24(30)26-19-12-17(32-7-2)14-21(22(19)25)34-9-4/h10-14,23H,6-9H2,1-5H3,(H,26,30). The third-order valence-electron chi connectivity index (χ3n) is 4.34. The quantitative estimate of drug-likeness (QED) is 0.288. The van der Waals surface area contributed by atoms with E-state index in [-0.39, 0.29) is 10.7 Å². The van der Waals surface area contributed by atoms with Gasteiger partial charge >= 0.3 is 0 Å². The fraction of sp³-hybridized carbons (Fsp3) is 0.417. The molecule has 2 rings (SSSR count). The van der Waals surface area contributed by atoms with Crippen LogP contribution in [0.1, 0.15) is 34.6 Å². The van der Waals surface area contributed by atoms with Crippen molar-refractivity contribution in [2.75, 3.05) is 31.7 Å². The van der Waals surface area contributed by atoms with E-state index in [2.05, 4.69) is 15.5 Å². The number of halogens is 1. The van der Waals surface area contributed by atoms with E-state index in [4.69, 9.17) is 30.5 Å². The molecular weight excluding hydrogens is 462 g/mol. The predicted octanol–water partition coefficient (Wildman–Crippen LogP) is 5.61. The van der Waals surface area contributed by atoms with E-state index in [9.17, 15) is 9.59 Å². The lowest BCUT2D eigenvalue weighted by Gasteiger charge is -2.15. The minimum Gasteiger partial charge on any atom is -0.494 e. The first kappa shape index (κ1) is 26.9.